The Hall–Kier alpha value is -2.32. The van der Waals surface area contributed by atoms with Crippen LogP contribution in [0.4, 0.5) is 0 Å². The van der Waals surface area contributed by atoms with Crippen molar-refractivity contribution < 1.29 is 14.3 Å². The van der Waals surface area contributed by atoms with Gasteiger partial charge in [0.05, 0.1) is 31.5 Å². The molecule has 160 valence electrons. The summed E-state index contributed by atoms with van der Waals surface area (Å²) in [6, 6.07) is 5.76. The van der Waals surface area contributed by atoms with Gasteiger partial charge < -0.3 is 20.1 Å². The number of methoxy groups -OCH3 is 1. The predicted octanol–water partition coefficient (Wildman–Crippen LogP) is 2.91. The fourth-order valence-electron chi connectivity index (χ4n) is 3.29. The van der Waals surface area contributed by atoms with E-state index < -0.39 is 0 Å². The molecule has 1 aromatic heterocycles. The topological polar surface area (TPSA) is 90.3 Å². The molecule has 2 N–H and O–H groups in total. The first-order valence-corrected chi connectivity index (χ1v) is 9.76. The van der Waals surface area contributed by atoms with Crippen molar-refractivity contribution >= 4 is 18.3 Å². The second-order valence-corrected chi connectivity index (χ2v) is 7.34. The maximum absolute atomic E-state index is 12.6. The van der Waals surface area contributed by atoms with Crippen molar-refractivity contribution in [3.63, 3.8) is 0 Å². The van der Waals surface area contributed by atoms with Crippen LogP contribution in [-0.4, -0.2) is 47.2 Å². The van der Waals surface area contributed by atoms with E-state index in [1.807, 2.05) is 43.7 Å². The summed E-state index contributed by atoms with van der Waals surface area (Å²) >= 11 is 0. The van der Waals surface area contributed by atoms with E-state index in [4.69, 9.17) is 9.47 Å². The molecule has 1 amide bonds. The van der Waals surface area contributed by atoms with Gasteiger partial charge in [0.1, 0.15) is 0 Å². The van der Waals surface area contributed by atoms with Crippen molar-refractivity contribution in [2.24, 2.45) is 0 Å². The van der Waals surface area contributed by atoms with Gasteiger partial charge in [-0.05, 0) is 64.4 Å². The number of rotatable bonds is 7. The van der Waals surface area contributed by atoms with Crippen LogP contribution >= 0.6 is 12.4 Å². The van der Waals surface area contributed by atoms with Gasteiger partial charge in [0, 0.05) is 0 Å². The van der Waals surface area contributed by atoms with E-state index >= 15 is 0 Å². The summed E-state index contributed by atoms with van der Waals surface area (Å²) < 4.78 is 13.0. The Morgan fingerprint density at radius 3 is 2.62 bits per heavy atom. The first-order valence-electron chi connectivity index (χ1n) is 9.76. The highest BCUT2D eigenvalue weighted by molar-refractivity contribution is 5.92. The van der Waals surface area contributed by atoms with E-state index in [0.29, 0.717) is 23.2 Å². The highest BCUT2D eigenvalue weighted by Gasteiger charge is 2.20. The maximum Gasteiger partial charge on any atom is 0.273 e. The monoisotopic (exact) mass is 423 g/mol. The minimum Gasteiger partial charge on any atom is -0.493 e. The van der Waals surface area contributed by atoms with Crippen molar-refractivity contribution in [3.05, 3.63) is 35.7 Å². The molecular weight excluding hydrogens is 394 g/mol. The third-order valence-electron chi connectivity index (χ3n) is 4.82. The van der Waals surface area contributed by atoms with Gasteiger partial charge in [0.15, 0.2) is 17.2 Å². The summed E-state index contributed by atoms with van der Waals surface area (Å²) in [6.45, 7) is 7.77. The summed E-state index contributed by atoms with van der Waals surface area (Å²) in [5.41, 5.74) is 1.25. The molecule has 1 atom stereocenters. The molecule has 1 saturated heterocycles. The van der Waals surface area contributed by atoms with Gasteiger partial charge >= 0.3 is 0 Å². The predicted molar refractivity (Wildman–Crippen MR) is 113 cm³/mol. The van der Waals surface area contributed by atoms with Crippen LogP contribution in [-0.2, 0) is 0 Å². The molecule has 0 bridgehead atoms. The largest absolute Gasteiger partial charge is 0.493 e. The minimum atomic E-state index is -0.242. The molecule has 2 aromatic rings. The Labute approximate surface area is 177 Å². The Balaban J connectivity index is 0.00000300. The van der Waals surface area contributed by atoms with Gasteiger partial charge in [-0.25, -0.2) is 4.68 Å². The number of nitrogens with zero attached hydrogens (tertiary/aromatic N) is 3. The first kappa shape index (κ1) is 23.0. The van der Waals surface area contributed by atoms with Crippen molar-refractivity contribution in [3.8, 4) is 11.5 Å². The summed E-state index contributed by atoms with van der Waals surface area (Å²) in [5.74, 6) is 1.09. The van der Waals surface area contributed by atoms with Crippen LogP contribution < -0.4 is 20.1 Å². The Morgan fingerprint density at radius 1 is 1.24 bits per heavy atom. The van der Waals surface area contributed by atoms with Crippen LogP contribution in [0.1, 0.15) is 61.7 Å². The van der Waals surface area contributed by atoms with E-state index in [0.717, 1.165) is 31.5 Å². The van der Waals surface area contributed by atoms with E-state index in [1.54, 1.807) is 13.3 Å². The van der Waals surface area contributed by atoms with Gasteiger partial charge in [-0.1, -0.05) is 11.3 Å². The zero-order chi connectivity index (χ0) is 20.1. The van der Waals surface area contributed by atoms with Crippen LogP contribution in [0.2, 0.25) is 0 Å². The number of hydrogen-bond acceptors (Lipinski definition) is 6. The molecule has 9 heteroatoms. The number of carbonyl (C=O) groups is 1. The number of nitrogens with one attached hydrogen (secondary N) is 2. The molecule has 3 rings (SSSR count). The number of amides is 1. The van der Waals surface area contributed by atoms with Crippen LogP contribution in [0.3, 0.4) is 0 Å². The van der Waals surface area contributed by atoms with E-state index in [-0.39, 0.29) is 30.5 Å². The van der Waals surface area contributed by atoms with E-state index in [9.17, 15) is 4.79 Å². The molecule has 1 fully saturated rings. The van der Waals surface area contributed by atoms with Gasteiger partial charge in [-0.15, -0.1) is 17.5 Å². The summed E-state index contributed by atoms with van der Waals surface area (Å²) in [4.78, 5) is 12.6. The quantitative estimate of drug-likeness (QED) is 0.711. The maximum atomic E-state index is 12.6. The first-order chi connectivity index (χ1) is 13.5. The number of benzene rings is 1. The van der Waals surface area contributed by atoms with Crippen molar-refractivity contribution in [2.45, 2.75) is 51.8 Å². The molecule has 8 nitrogen and oxygen atoms in total. The van der Waals surface area contributed by atoms with Crippen LogP contribution in [0.15, 0.2) is 24.4 Å². The Morgan fingerprint density at radius 2 is 1.97 bits per heavy atom. The lowest BCUT2D eigenvalue weighted by Crippen LogP contribution is -2.29. The summed E-state index contributed by atoms with van der Waals surface area (Å²) in [6.07, 6.45) is 3.77. The molecule has 1 aliphatic heterocycles. The Kier molecular flexibility index (Phi) is 8.28. The van der Waals surface area contributed by atoms with Crippen molar-refractivity contribution in [2.75, 3.05) is 20.2 Å². The number of piperidine rings is 1. The molecule has 0 spiro atoms. The Bertz CT molecular complexity index is 805. The second-order valence-electron chi connectivity index (χ2n) is 7.34. The highest BCUT2D eigenvalue weighted by atomic mass is 35.5. The smallest absolute Gasteiger partial charge is 0.273 e. The molecule has 1 aromatic carbocycles. The zero-order valence-electron chi connectivity index (χ0n) is 17.3. The number of aromatic nitrogens is 3. The molecule has 2 heterocycles. The molecule has 29 heavy (non-hydrogen) atoms. The fourth-order valence-corrected chi connectivity index (χ4v) is 3.29. The lowest BCUT2D eigenvalue weighted by Gasteiger charge is -2.22. The second kappa shape index (κ2) is 10.5. The minimum absolute atomic E-state index is 0. The molecule has 1 aliphatic rings. The standard InChI is InChI=1S/C20H29N5O3.ClH/c1-13(2)28-18-6-5-15(11-19(18)27-4)14(3)22-20(26)17-12-25(24-23-17)16-7-9-21-10-8-16;/h5-6,11-14,16,21H,7-10H2,1-4H3,(H,22,26);1H. The summed E-state index contributed by atoms with van der Waals surface area (Å²) in [7, 11) is 1.61. The number of ether oxygens (including phenoxy) is 2. The van der Waals surface area contributed by atoms with Gasteiger partial charge in [0.2, 0.25) is 0 Å². The van der Waals surface area contributed by atoms with E-state index in [2.05, 4.69) is 20.9 Å². The van der Waals surface area contributed by atoms with Gasteiger partial charge in [-0.3, -0.25) is 4.79 Å². The molecule has 0 radical (unpaired) electrons. The average Bonchev–Trinajstić information content (AvgIpc) is 3.19. The van der Waals surface area contributed by atoms with Gasteiger partial charge in [0.25, 0.3) is 5.91 Å². The SMILES string of the molecule is COc1cc(C(C)NC(=O)c2cn(C3CCNCC3)nn2)ccc1OC(C)C.Cl. The zero-order valence-corrected chi connectivity index (χ0v) is 18.2. The van der Waals surface area contributed by atoms with Crippen LogP contribution in [0.5, 0.6) is 11.5 Å². The number of carbonyl (C=O) groups excluding carboxylic acids is 1. The molecule has 1 unspecified atom stereocenters. The molecular formula is C20H30ClN5O3. The van der Waals surface area contributed by atoms with Crippen molar-refractivity contribution in [1.29, 1.82) is 0 Å². The molecule has 0 saturated carbocycles. The lowest BCUT2D eigenvalue weighted by atomic mass is 10.1. The van der Waals surface area contributed by atoms with Crippen LogP contribution in [0.25, 0.3) is 0 Å². The summed E-state index contributed by atoms with van der Waals surface area (Å²) in [5, 5.41) is 14.5. The third kappa shape index (κ3) is 5.83. The molecule has 0 aliphatic carbocycles. The average molecular weight is 424 g/mol. The third-order valence-corrected chi connectivity index (χ3v) is 4.82. The normalized spacial score (nSPS) is 15.5. The van der Waals surface area contributed by atoms with E-state index in [1.165, 1.54) is 0 Å². The lowest BCUT2D eigenvalue weighted by molar-refractivity contribution is 0.0934. The number of halogens is 1. The van der Waals surface area contributed by atoms with Crippen LogP contribution in [0, 0.1) is 0 Å². The van der Waals surface area contributed by atoms with Crippen molar-refractivity contribution in [1.82, 2.24) is 25.6 Å². The number of hydrogen-bond donors (Lipinski definition) is 2. The fraction of sp³-hybridized carbons (Fsp3) is 0.550. The van der Waals surface area contributed by atoms with Gasteiger partial charge in [-0.2, -0.15) is 0 Å². The highest BCUT2D eigenvalue weighted by Crippen LogP contribution is 2.31.